The van der Waals surface area contributed by atoms with Crippen LogP contribution in [-0.4, -0.2) is 26.0 Å². The minimum atomic E-state index is -4.02. The summed E-state index contributed by atoms with van der Waals surface area (Å²) in [6, 6.07) is 5.10. The zero-order chi connectivity index (χ0) is 14.7. The van der Waals surface area contributed by atoms with E-state index < -0.39 is 28.1 Å². The van der Waals surface area contributed by atoms with E-state index in [9.17, 15) is 26.5 Å². The maximum atomic E-state index is 13.3. The molecule has 0 heterocycles. The maximum absolute atomic E-state index is 13.3. The zero-order valence-electron chi connectivity index (χ0n) is 9.99. The van der Waals surface area contributed by atoms with E-state index in [1.165, 1.54) is 31.2 Å². The van der Waals surface area contributed by atoms with Crippen LogP contribution >= 0.6 is 0 Å². The van der Waals surface area contributed by atoms with Gasteiger partial charge in [-0.2, -0.15) is 14.3 Å². The lowest BCUT2D eigenvalue weighted by Gasteiger charge is -2.15. The second-order valence-corrected chi connectivity index (χ2v) is 6.06. The van der Waals surface area contributed by atoms with Crippen molar-refractivity contribution >= 4 is 15.7 Å². The van der Waals surface area contributed by atoms with Crippen molar-refractivity contribution in [1.29, 1.82) is 0 Å². The number of amides is 1. The Kier molecular flexibility index (Phi) is 4.56. The van der Waals surface area contributed by atoms with Gasteiger partial charge in [0, 0.05) is 6.42 Å². The monoisotopic (exact) mass is 295 g/mol. The van der Waals surface area contributed by atoms with Crippen molar-refractivity contribution in [3.63, 3.8) is 0 Å². The summed E-state index contributed by atoms with van der Waals surface area (Å²) in [7, 11) is -3.69. The molecule has 0 saturated heterocycles. The molecule has 0 radical (unpaired) electrons. The van der Waals surface area contributed by atoms with E-state index in [1.54, 1.807) is 0 Å². The van der Waals surface area contributed by atoms with Crippen LogP contribution in [0, 0.1) is 0 Å². The first kappa shape index (κ1) is 15.5. The number of halogens is 3. The Morgan fingerprint density at radius 1 is 1.32 bits per heavy atom. The molecule has 0 aromatic heterocycles. The van der Waals surface area contributed by atoms with Gasteiger partial charge in [0.25, 0.3) is 0 Å². The number of hydrogen-bond acceptors (Lipinski definition) is 3. The summed E-state index contributed by atoms with van der Waals surface area (Å²) >= 11 is 0. The Labute approximate surface area is 108 Å². The van der Waals surface area contributed by atoms with Crippen molar-refractivity contribution in [2.45, 2.75) is 24.2 Å². The lowest BCUT2D eigenvalue weighted by molar-refractivity contribution is -0.150. The van der Waals surface area contributed by atoms with Crippen molar-refractivity contribution in [2.24, 2.45) is 0 Å². The number of sulfone groups is 1. The Morgan fingerprint density at radius 2 is 1.89 bits per heavy atom. The van der Waals surface area contributed by atoms with Gasteiger partial charge in [0.2, 0.25) is 0 Å². The SMILES string of the molecule is CCS(=O)(=O)c1ccccc1CC(F)(F)C(=O)NF. The molecule has 0 fully saturated rings. The number of rotatable bonds is 5. The molecule has 0 bridgehead atoms. The number of carbonyl (C=O) groups excluding carboxylic acids is 1. The van der Waals surface area contributed by atoms with Crippen LogP contribution in [0.1, 0.15) is 12.5 Å². The first-order valence-corrected chi connectivity index (χ1v) is 6.99. The van der Waals surface area contributed by atoms with Gasteiger partial charge in [-0.25, -0.2) is 8.42 Å². The highest BCUT2D eigenvalue weighted by Gasteiger charge is 2.40. The standard InChI is InChI=1S/C11H12F3NO3S/c1-2-19(17,18)9-6-4-3-5-8(9)7-11(12,13)10(16)15-14/h3-6H,2,7H2,1H3,(H,15,16). The van der Waals surface area contributed by atoms with Gasteiger partial charge in [-0.1, -0.05) is 25.1 Å². The number of carbonyl (C=O) groups is 1. The number of nitrogens with one attached hydrogen (secondary N) is 1. The minimum Gasteiger partial charge on any atom is -0.265 e. The average molecular weight is 295 g/mol. The van der Waals surface area contributed by atoms with Crippen molar-refractivity contribution in [1.82, 2.24) is 5.54 Å². The van der Waals surface area contributed by atoms with E-state index in [2.05, 4.69) is 0 Å². The molecule has 0 spiro atoms. The predicted octanol–water partition coefficient (Wildman–Crippen LogP) is 1.66. The van der Waals surface area contributed by atoms with Gasteiger partial charge >= 0.3 is 11.8 Å². The van der Waals surface area contributed by atoms with Crippen molar-refractivity contribution < 1.29 is 26.5 Å². The quantitative estimate of drug-likeness (QED) is 0.840. The molecule has 1 rings (SSSR count). The Bertz CT molecular complexity index is 572. The second-order valence-electron chi connectivity index (χ2n) is 3.82. The first-order valence-electron chi connectivity index (χ1n) is 5.34. The highest BCUT2D eigenvalue weighted by molar-refractivity contribution is 7.91. The predicted molar refractivity (Wildman–Crippen MR) is 62.1 cm³/mol. The average Bonchev–Trinajstić information content (AvgIpc) is 2.37. The van der Waals surface area contributed by atoms with E-state index in [4.69, 9.17) is 0 Å². The molecule has 0 atom stereocenters. The van der Waals surface area contributed by atoms with Gasteiger partial charge in [0.05, 0.1) is 10.6 Å². The van der Waals surface area contributed by atoms with Crippen LogP contribution in [0.2, 0.25) is 0 Å². The summed E-state index contributed by atoms with van der Waals surface area (Å²) in [6.45, 7) is 1.37. The number of alkyl halides is 2. The minimum absolute atomic E-state index is 0.224. The van der Waals surface area contributed by atoms with Gasteiger partial charge in [0.15, 0.2) is 9.84 Å². The van der Waals surface area contributed by atoms with Gasteiger partial charge in [-0.15, -0.1) is 4.48 Å². The molecule has 0 aliphatic heterocycles. The molecule has 4 nitrogen and oxygen atoms in total. The number of benzene rings is 1. The largest absolute Gasteiger partial charge is 0.330 e. The fourth-order valence-corrected chi connectivity index (χ4v) is 2.63. The Hall–Kier alpha value is -1.57. The molecule has 8 heteroatoms. The van der Waals surface area contributed by atoms with E-state index in [0.717, 1.165) is 0 Å². The topological polar surface area (TPSA) is 63.2 Å². The van der Waals surface area contributed by atoms with E-state index in [1.807, 2.05) is 0 Å². The molecule has 0 saturated carbocycles. The molecular formula is C11H12F3NO3S. The summed E-state index contributed by atoms with van der Waals surface area (Å²) in [6.07, 6.45) is -1.18. The van der Waals surface area contributed by atoms with Crippen molar-refractivity contribution in [3.05, 3.63) is 29.8 Å². The molecule has 19 heavy (non-hydrogen) atoms. The van der Waals surface area contributed by atoms with Gasteiger partial charge in [0.1, 0.15) is 0 Å². The Balaban J connectivity index is 3.20. The summed E-state index contributed by atoms with van der Waals surface area (Å²) in [5.41, 5.74) is 0.135. The Morgan fingerprint density at radius 3 is 2.42 bits per heavy atom. The summed E-state index contributed by atoms with van der Waals surface area (Å²) < 4.78 is 61.9. The molecule has 1 aromatic carbocycles. The van der Waals surface area contributed by atoms with Crippen LogP contribution in [0.4, 0.5) is 13.3 Å². The lowest BCUT2D eigenvalue weighted by atomic mass is 10.1. The fourth-order valence-electron chi connectivity index (χ4n) is 1.50. The van der Waals surface area contributed by atoms with Gasteiger partial charge in [-0.3, -0.25) is 4.79 Å². The van der Waals surface area contributed by atoms with E-state index in [0.29, 0.717) is 5.54 Å². The van der Waals surface area contributed by atoms with Crippen LogP contribution < -0.4 is 5.54 Å². The molecule has 0 aliphatic carbocycles. The molecule has 1 N–H and O–H groups in total. The van der Waals surface area contributed by atoms with Crippen LogP contribution in [0.15, 0.2) is 29.2 Å². The third kappa shape index (κ3) is 3.46. The molecule has 1 amide bonds. The first-order chi connectivity index (χ1) is 8.74. The summed E-state index contributed by atoms with van der Waals surface area (Å²) in [4.78, 5) is 10.4. The zero-order valence-corrected chi connectivity index (χ0v) is 10.8. The third-order valence-corrected chi connectivity index (χ3v) is 4.35. The van der Waals surface area contributed by atoms with Crippen LogP contribution in [0.25, 0.3) is 0 Å². The van der Waals surface area contributed by atoms with E-state index >= 15 is 0 Å². The van der Waals surface area contributed by atoms with Crippen LogP contribution in [0.5, 0.6) is 0 Å². The normalized spacial score (nSPS) is 12.2. The van der Waals surface area contributed by atoms with Crippen LogP contribution in [0.3, 0.4) is 0 Å². The van der Waals surface area contributed by atoms with Gasteiger partial charge in [-0.05, 0) is 11.6 Å². The van der Waals surface area contributed by atoms with Crippen molar-refractivity contribution in [2.75, 3.05) is 5.75 Å². The molecule has 0 aliphatic rings. The van der Waals surface area contributed by atoms with E-state index in [-0.39, 0.29) is 16.2 Å². The smallest absolute Gasteiger partial charge is 0.265 e. The molecule has 1 aromatic rings. The molecule has 0 unspecified atom stereocenters. The van der Waals surface area contributed by atoms with Crippen LogP contribution in [-0.2, 0) is 21.1 Å². The highest BCUT2D eigenvalue weighted by atomic mass is 32.2. The van der Waals surface area contributed by atoms with Gasteiger partial charge < -0.3 is 0 Å². The molecular weight excluding hydrogens is 283 g/mol. The number of hydrogen-bond donors (Lipinski definition) is 1. The second kappa shape index (κ2) is 5.60. The molecule has 106 valence electrons. The summed E-state index contributed by atoms with van der Waals surface area (Å²) in [5.74, 6) is -6.38. The lowest BCUT2D eigenvalue weighted by Crippen LogP contribution is -2.38. The summed E-state index contributed by atoms with van der Waals surface area (Å²) in [5, 5.41) is 0. The third-order valence-electron chi connectivity index (χ3n) is 2.52. The maximum Gasteiger partial charge on any atom is 0.330 e. The highest BCUT2D eigenvalue weighted by Crippen LogP contribution is 2.25. The fraction of sp³-hybridized carbons (Fsp3) is 0.364. The van der Waals surface area contributed by atoms with Crippen molar-refractivity contribution in [3.8, 4) is 0 Å².